The Labute approximate surface area is 338 Å². The molecule has 10 rings (SSSR count). The van der Waals surface area contributed by atoms with Crippen molar-refractivity contribution in [3.05, 3.63) is 151 Å². The smallest absolute Gasteiger partial charge is 0 e. The second-order valence-electron chi connectivity index (χ2n) is 14.2. The summed E-state index contributed by atoms with van der Waals surface area (Å²) in [5.74, 6) is 7.78. The van der Waals surface area contributed by atoms with Crippen molar-refractivity contribution in [2.45, 2.75) is 31.0 Å². The van der Waals surface area contributed by atoms with Crippen molar-refractivity contribution in [3.8, 4) is 28.3 Å². The zero-order valence-electron chi connectivity index (χ0n) is 33.1. The fourth-order valence-electron chi connectivity index (χ4n) is 6.77. The van der Waals surface area contributed by atoms with Gasteiger partial charge in [0.1, 0.15) is 0 Å². The Bertz CT molecular complexity index is 3020. The van der Waals surface area contributed by atoms with E-state index in [4.69, 9.17) is 13.5 Å². The van der Waals surface area contributed by atoms with Crippen LogP contribution in [0, 0.1) is 25.9 Å². The van der Waals surface area contributed by atoms with Gasteiger partial charge in [0.15, 0.2) is 0 Å². The van der Waals surface area contributed by atoms with Crippen LogP contribution in [0.15, 0.2) is 132 Å². The average molecular weight is 961 g/mol. The van der Waals surface area contributed by atoms with Crippen LogP contribution in [0.3, 0.4) is 0 Å². The van der Waals surface area contributed by atoms with Crippen LogP contribution in [0.1, 0.15) is 15.4 Å². The number of benzene rings is 5. The predicted octanol–water partition coefficient (Wildman–Crippen LogP) is 11.9. The number of nitrogens with zero attached hydrogens (tertiary/aromatic N) is 4. The van der Waals surface area contributed by atoms with E-state index in [1.807, 2.05) is 54.8 Å². The van der Waals surface area contributed by atoms with Gasteiger partial charge in [-0.2, -0.15) is 0 Å². The monoisotopic (exact) mass is 962 g/mol. The van der Waals surface area contributed by atoms with Crippen molar-refractivity contribution < 1.29 is 28.6 Å². The van der Waals surface area contributed by atoms with E-state index in [9.17, 15) is 0 Å². The molecule has 0 saturated carbocycles. The number of aryl methyl sites for hydroxylation is 2. The van der Waals surface area contributed by atoms with Gasteiger partial charge in [-0.05, 0) is 55.5 Å². The summed E-state index contributed by atoms with van der Waals surface area (Å²) in [6.45, 7) is -0.102. The minimum absolute atomic E-state index is 0. The van der Waals surface area contributed by atoms with Crippen molar-refractivity contribution in [2.24, 2.45) is 0 Å². The quantitative estimate of drug-likeness (QED) is 0.130. The van der Waals surface area contributed by atoms with Gasteiger partial charge >= 0.3 is 110 Å². The molecule has 8 heteroatoms. The van der Waals surface area contributed by atoms with E-state index in [2.05, 4.69) is 117 Å². The summed E-state index contributed by atoms with van der Waals surface area (Å²) in [4.78, 5) is 14.2. The molecule has 0 saturated heterocycles. The second-order valence-corrected chi connectivity index (χ2v) is 26.0. The molecule has 0 spiro atoms. The molecule has 0 N–H and O–H groups in total. The number of aromatic nitrogens is 4. The fourth-order valence-corrected chi connectivity index (χ4v) is 10.0. The van der Waals surface area contributed by atoms with Crippen LogP contribution in [-0.2, 0) is 20.1 Å². The topological polar surface area (TPSA) is 56.7 Å². The molecule has 1 radical (unpaired) electrons. The first kappa shape index (κ1) is 32.5. The first-order valence-corrected chi connectivity index (χ1v) is 25.7. The molecule has 0 aliphatic heterocycles. The largest absolute Gasteiger partial charge is 0 e. The van der Waals surface area contributed by atoms with Gasteiger partial charge in [-0.3, -0.25) is 4.98 Å². The van der Waals surface area contributed by atoms with E-state index in [1.54, 1.807) is 12.1 Å². The Kier molecular flexibility index (Phi) is 8.66. The third-order valence-electron chi connectivity index (χ3n) is 9.56. The van der Waals surface area contributed by atoms with E-state index >= 15 is 0 Å². The van der Waals surface area contributed by atoms with Crippen LogP contribution in [0.25, 0.3) is 81.6 Å². The summed E-state index contributed by atoms with van der Waals surface area (Å²) in [5.41, 5.74) is 8.14. The molecule has 54 heavy (non-hydrogen) atoms. The SMILES string of the molecule is Cc1ccc2c(n1)oc1c(-c3nc4ccccc4n3-c3ccc4sc5ccccc5c4c3)[c-]ccc12.[2H]C([2H])([2H])c1c[c-]c(-c2cc[c]([Ge]([CH3])([CH3])[CH3])cn2)cc1.[Ir]. The number of para-hydroxylation sites is 2. The summed E-state index contributed by atoms with van der Waals surface area (Å²) in [6.07, 6.45) is 1.95. The third kappa shape index (κ3) is 6.60. The summed E-state index contributed by atoms with van der Waals surface area (Å²) >= 11 is -0.00666. The standard InChI is InChI=1S/C31H18N3OS.C15H18GeN.Ir/c1-18-13-15-22-21-8-6-9-23(29(21)35-31(22)32-18)30-33-25-10-3-4-11-26(25)34(30)19-14-16-28-24(17-19)20-7-2-5-12-27(20)36-28;1-12-5-7-13(8-6-12)15-10-9-14(11-17-15)16(2,3)4;/h2-8,10-17H,1H3;5-7,9-11H,1-4H3;/q2*-1;/i;1D3;. The number of hydrogen-bond donors (Lipinski definition) is 0. The summed E-state index contributed by atoms with van der Waals surface area (Å²) in [5, 5.41) is 4.55. The van der Waals surface area contributed by atoms with Gasteiger partial charge in [0.2, 0.25) is 5.71 Å². The predicted molar refractivity (Wildman–Crippen MR) is 224 cm³/mol. The van der Waals surface area contributed by atoms with Crippen molar-refractivity contribution >= 4 is 82.3 Å². The van der Waals surface area contributed by atoms with E-state index in [-0.39, 0.29) is 20.1 Å². The Hall–Kier alpha value is -4.92. The van der Waals surface area contributed by atoms with E-state index in [0.29, 0.717) is 11.3 Å². The normalized spacial score (nSPS) is 12.7. The molecule has 10 aromatic rings. The maximum Gasteiger partial charge on any atom is 0 e. The number of rotatable bonds is 4. The molecule has 0 atom stereocenters. The Morgan fingerprint density at radius 1 is 0.778 bits per heavy atom. The van der Waals surface area contributed by atoms with Gasteiger partial charge < -0.3 is 8.98 Å². The zero-order chi connectivity index (χ0) is 38.8. The molecular weight excluding hydrogens is 921 g/mol. The molecular formula is C46H36GeIrN4OS-2. The van der Waals surface area contributed by atoms with Crippen molar-refractivity contribution in [3.63, 3.8) is 0 Å². The van der Waals surface area contributed by atoms with Crippen LogP contribution >= 0.6 is 11.3 Å². The fraction of sp³-hybridized carbons (Fsp3) is 0.109. The second kappa shape index (κ2) is 14.4. The molecule has 0 aliphatic rings. The molecule has 0 bridgehead atoms. The van der Waals surface area contributed by atoms with E-state index < -0.39 is 20.1 Å². The van der Waals surface area contributed by atoms with Gasteiger partial charge in [-0.1, -0.05) is 41.3 Å². The summed E-state index contributed by atoms with van der Waals surface area (Å²) in [6, 6.07) is 47.1. The molecule has 0 amide bonds. The van der Waals surface area contributed by atoms with Crippen LogP contribution in [0.2, 0.25) is 17.3 Å². The number of hydrogen-bond acceptors (Lipinski definition) is 5. The molecule has 5 aromatic heterocycles. The van der Waals surface area contributed by atoms with Gasteiger partial charge in [-0.15, -0.1) is 29.5 Å². The molecule has 267 valence electrons. The van der Waals surface area contributed by atoms with E-state index in [0.717, 1.165) is 61.4 Å². The Balaban J connectivity index is 0.000000186. The number of thiophene rings is 1. The van der Waals surface area contributed by atoms with Gasteiger partial charge in [0, 0.05) is 57.0 Å². The van der Waals surface area contributed by atoms with Crippen molar-refractivity contribution in [2.75, 3.05) is 0 Å². The summed E-state index contributed by atoms with van der Waals surface area (Å²) in [7, 11) is 0. The summed E-state index contributed by atoms with van der Waals surface area (Å²) < 4.78 is 34.5. The third-order valence-corrected chi connectivity index (χ3v) is 15.0. The van der Waals surface area contributed by atoms with Gasteiger partial charge in [0.25, 0.3) is 0 Å². The molecule has 0 aliphatic carbocycles. The molecule has 5 nitrogen and oxygen atoms in total. The molecule has 5 heterocycles. The molecule has 0 fully saturated rings. The Morgan fingerprint density at radius 3 is 2.41 bits per heavy atom. The van der Waals surface area contributed by atoms with Crippen LogP contribution in [0.5, 0.6) is 0 Å². The molecule has 5 aromatic carbocycles. The van der Waals surface area contributed by atoms with Crippen molar-refractivity contribution in [1.82, 2.24) is 19.5 Å². The maximum absolute atomic E-state index is 7.35. The van der Waals surface area contributed by atoms with Crippen LogP contribution < -0.4 is 4.40 Å². The Morgan fingerprint density at radius 2 is 1.61 bits per heavy atom. The minimum atomic E-state index is -2.08. The number of imidazole rings is 1. The van der Waals surface area contributed by atoms with Gasteiger partial charge in [0.05, 0.1) is 22.4 Å². The average Bonchev–Trinajstić information content (AvgIpc) is 3.88. The van der Waals surface area contributed by atoms with Crippen LogP contribution in [0.4, 0.5) is 0 Å². The number of pyridine rings is 2. The minimum Gasteiger partial charge on any atom is 0 e. The zero-order valence-corrected chi connectivity index (χ0v) is 35.4. The van der Waals surface area contributed by atoms with Crippen LogP contribution in [-0.4, -0.2) is 32.8 Å². The molecule has 0 unspecified atom stereocenters. The maximum atomic E-state index is 7.35. The number of fused-ring (bicyclic) bond motifs is 7. The first-order chi connectivity index (χ1) is 26.9. The first-order valence-electron chi connectivity index (χ1n) is 19.0. The number of furan rings is 1. The van der Waals surface area contributed by atoms with Gasteiger partial charge in [-0.25, -0.2) is 4.98 Å². The van der Waals surface area contributed by atoms with E-state index in [1.165, 1.54) is 30.6 Å². The van der Waals surface area contributed by atoms with Crippen molar-refractivity contribution in [1.29, 1.82) is 0 Å².